The van der Waals surface area contributed by atoms with Crippen LogP contribution in [0, 0.1) is 11.3 Å². The molecule has 0 spiro atoms. The minimum atomic E-state index is 0.549. The molecule has 0 atom stereocenters. The van der Waals surface area contributed by atoms with E-state index in [1.54, 1.807) is 6.07 Å². The highest BCUT2D eigenvalue weighted by Gasteiger charge is 1.98. The maximum Gasteiger partial charge on any atom is 0.101 e. The number of rotatable bonds is 2. The predicted molar refractivity (Wildman–Crippen MR) is 53.1 cm³/mol. The van der Waals surface area contributed by atoms with Gasteiger partial charge in [-0.3, -0.25) is 0 Å². The van der Waals surface area contributed by atoms with Gasteiger partial charge in [0.1, 0.15) is 6.07 Å². The van der Waals surface area contributed by atoms with E-state index in [0.29, 0.717) is 11.3 Å². The summed E-state index contributed by atoms with van der Waals surface area (Å²) in [5.74, 6) is 0. The lowest BCUT2D eigenvalue weighted by molar-refractivity contribution is 1.17. The molecule has 1 aromatic rings. The van der Waals surface area contributed by atoms with Crippen molar-refractivity contribution < 1.29 is 0 Å². The number of halogens is 1. The third kappa shape index (κ3) is 1.99. The second kappa shape index (κ2) is 4.13. The van der Waals surface area contributed by atoms with Gasteiger partial charge in [-0.15, -0.1) is 0 Å². The average Bonchev–Trinajstić information content (AvgIpc) is 2.05. The van der Waals surface area contributed by atoms with Gasteiger partial charge in [0.25, 0.3) is 0 Å². The fraction of sp³-hybridized carbons (Fsp3) is 0.222. The molecule has 2 nitrogen and oxygen atoms in total. The van der Waals surface area contributed by atoms with Gasteiger partial charge in [-0.05, 0) is 24.1 Å². The number of hydrogen-bond donors (Lipinski definition) is 1. The summed E-state index contributed by atoms with van der Waals surface area (Å²) in [6.07, 6.45) is 0.940. The van der Waals surface area contributed by atoms with E-state index in [4.69, 9.17) is 11.0 Å². The Kier molecular flexibility index (Phi) is 3.12. The zero-order valence-electron chi connectivity index (χ0n) is 6.55. The van der Waals surface area contributed by atoms with Gasteiger partial charge in [0.05, 0.1) is 5.56 Å². The first kappa shape index (κ1) is 9.08. The first-order valence-corrected chi connectivity index (χ1v) is 4.74. The maximum atomic E-state index is 8.60. The molecule has 0 heterocycles. The lowest BCUT2D eigenvalue weighted by atomic mass is 10.1. The van der Waals surface area contributed by atoms with Crippen LogP contribution in [0.15, 0.2) is 18.2 Å². The summed E-state index contributed by atoms with van der Waals surface area (Å²) >= 11 is 3.34. The number of benzene rings is 1. The third-order valence-electron chi connectivity index (χ3n) is 1.62. The molecule has 62 valence electrons. The van der Waals surface area contributed by atoms with E-state index in [2.05, 4.69) is 15.9 Å². The SMILES string of the molecule is N#Cc1ccc(CCBr)cc1N. The summed E-state index contributed by atoms with van der Waals surface area (Å²) < 4.78 is 0. The summed E-state index contributed by atoms with van der Waals surface area (Å²) in [6.45, 7) is 0. The average molecular weight is 225 g/mol. The quantitative estimate of drug-likeness (QED) is 0.618. The van der Waals surface area contributed by atoms with Crippen LogP contribution in [-0.4, -0.2) is 5.33 Å². The van der Waals surface area contributed by atoms with Crippen LogP contribution in [0.3, 0.4) is 0 Å². The molecule has 0 bridgehead atoms. The van der Waals surface area contributed by atoms with Gasteiger partial charge < -0.3 is 5.73 Å². The number of nitrogens with zero attached hydrogens (tertiary/aromatic N) is 1. The standard InChI is InChI=1S/C9H9BrN2/c10-4-3-7-1-2-8(6-11)9(12)5-7/h1-2,5H,3-4,12H2. The number of nitriles is 1. The highest BCUT2D eigenvalue weighted by molar-refractivity contribution is 9.09. The van der Waals surface area contributed by atoms with Crippen LogP contribution in [0.25, 0.3) is 0 Å². The molecule has 0 saturated heterocycles. The highest BCUT2D eigenvalue weighted by Crippen LogP contribution is 2.13. The van der Waals surface area contributed by atoms with Gasteiger partial charge in [-0.25, -0.2) is 0 Å². The number of anilines is 1. The number of nitrogens with two attached hydrogens (primary N) is 1. The summed E-state index contributed by atoms with van der Waals surface area (Å²) in [4.78, 5) is 0. The monoisotopic (exact) mass is 224 g/mol. The Labute approximate surface area is 80.1 Å². The summed E-state index contributed by atoms with van der Waals surface area (Å²) in [7, 11) is 0. The van der Waals surface area contributed by atoms with E-state index < -0.39 is 0 Å². The van der Waals surface area contributed by atoms with Crippen molar-refractivity contribution in [3.05, 3.63) is 29.3 Å². The summed E-state index contributed by atoms with van der Waals surface area (Å²) in [6, 6.07) is 7.56. The molecular formula is C9H9BrN2. The zero-order chi connectivity index (χ0) is 8.97. The van der Waals surface area contributed by atoms with Crippen LogP contribution in [0.2, 0.25) is 0 Å². The first-order chi connectivity index (χ1) is 5.77. The maximum absolute atomic E-state index is 8.60. The number of hydrogen-bond acceptors (Lipinski definition) is 2. The molecule has 0 unspecified atom stereocenters. The minimum absolute atomic E-state index is 0.549. The largest absolute Gasteiger partial charge is 0.398 e. The van der Waals surface area contributed by atoms with Crippen molar-refractivity contribution in [2.75, 3.05) is 11.1 Å². The van der Waals surface area contributed by atoms with E-state index in [9.17, 15) is 0 Å². The number of nitrogen functional groups attached to an aromatic ring is 1. The zero-order valence-corrected chi connectivity index (χ0v) is 8.13. The minimum Gasteiger partial charge on any atom is -0.398 e. The molecule has 1 rings (SSSR count). The summed E-state index contributed by atoms with van der Waals surface area (Å²) in [5, 5.41) is 9.51. The molecule has 0 aliphatic rings. The van der Waals surface area contributed by atoms with Gasteiger partial charge in [0, 0.05) is 11.0 Å². The fourth-order valence-electron chi connectivity index (χ4n) is 0.979. The van der Waals surface area contributed by atoms with Crippen molar-refractivity contribution in [1.82, 2.24) is 0 Å². The predicted octanol–water partition coefficient (Wildman–Crippen LogP) is 2.08. The molecular weight excluding hydrogens is 216 g/mol. The van der Waals surface area contributed by atoms with Crippen molar-refractivity contribution in [1.29, 1.82) is 5.26 Å². The Bertz CT molecular complexity index is 315. The van der Waals surface area contributed by atoms with Crippen LogP contribution in [0.4, 0.5) is 5.69 Å². The molecule has 0 aliphatic heterocycles. The molecule has 2 N–H and O–H groups in total. The molecule has 0 amide bonds. The van der Waals surface area contributed by atoms with Crippen molar-refractivity contribution in [2.45, 2.75) is 6.42 Å². The van der Waals surface area contributed by atoms with Gasteiger partial charge in [-0.2, -0.15) is 5.26 Å². The van der Waals surface area contributed by atoms with E-state index in [1.165, 1.54) is 0 Å². The molecule has 0 radical (unpaired) electrons. The van der Waals surface area contributed by atoms with E-state index >= 15 is 0 Å². The molecule has 12 heavy (non-hydrogen) atoms. The van der Waals surface area contributed by atoms with Crippen molar-refractivity contribution in [2.24, 2.45) is 0 Å². The third-order valence-corrected chi connectivity index (χ3v) is 2.02. The normalized spacial score (nSPS) is 9.33. The molecule has 0 aromatic heterocycles. The Morgan fingerprint density at radius 3 is 2.75 bits per heavy atom. The van der Waals surface area contributed by atoms with Crippen molar-refractivity contribution in [3.63, 3.8) is 0 Å². The van der Waals surface area contributed by atoms with Crippen molar-refractivity contribution >= 4 is 21.6 Å². The number of alkyl halides is 1. The molecule has 3 heteroatoms. The summed E-state index contributed by atoms with van der Waals surface area (Å²) in [5.41, 5.74) is 7.90. The molecule has 0 fully saturated rings. The van der Waals surface area contributed by atoms with Crippen LogP contribution < -0.4 is 5.73 Å². The molecule has 0 saturated carbocycles. The Morgan fingerprint density at radius 1 is 1.50 bits per heavy atom. The van der Waals surface area contributed by atoms with E-state index in [1.807, 2.05) is 18.2 Å². The lowest BCUT2D eigenvalue weighted by Crippen LogP contribution is -1.93. The van der Waals surface area contributed by atoms with Crippen LogP contribution in [0.5, 0.6) is 0 Å². The van der Waals surface area contributed by atoms with Gasteiger partial charge in [-0.1, -0.05) is 22.0 Å². The van der Waals surface area contributed by atoms with Crippen LogP contribution >= 0.6 is 15.9 Å². The van der Waals surface area contributed by atoms with Crippen LogP contribution in [-0.2, 0) is 6.42 Å². The Balaban J connectivity index is 2.96. The van der Waals surface area contributed by atoms with Gasteiger partial charge >= 0.3 is 0 Å². The Hall–Kier alpha value is -1.01. The van der Waals surface area contributed by atoms with Gasteiger partial charge in [0.15, 0.2) is 0 Å². The topological polar surface area (TPSA) is 49.8 Å². The second-order valence-electron chi connectivity index (χ2n) is 2.47. The van der Waals surface area contributed by atoms with Crippen molar-refractivity contribution in [3.8, 4) is 6.07 Å². The second-order valence-corrected chi connectivity index (χ2v) is 3.27. The molecule has 0 aliphatic carbocycles. The van der Waals surface area contributed by atoms with E-state index in [0.717, 1.165) is 17.3 Å². The smallest absolute Gasteiger partial charge is 0.101 e. The molecule has 1 aromatic carbocycles. The lowest BCUT2D eigenvalue weighted by Gasteiger charge is -2.00. The van der Waals surface area contributed by atoms with Gasteiger partial charge in [0.2, 0.25) is 0 Å². The van der Waals surface area contributed by atoms with Crippen LogP contribution in [0.1, 0.15) is 11.1 Å². The Morgan fingerprint density at radius 2 is 2.25 bits per heavy atom. The van der Waals surface area contributed by atoms with E-state index in [-0.39, 0.29) is 0 Å². The fourth-order valence-corrected chi connectivity index (χ4v) is 1.44. The highest BCUT2D eigenvalue weighted by atomic mass is 79.9. The number of aryl methyl sites for hydroxylation is 1. The first-order valence-electron chi connectivity index (χ1n) is 3.62.